The maximum absolute atomic E-state index is 11.6. The lowest BCUT2D eigenvalue weighted by molar-refractivity contribution is -0.122. The molecule has 30 heavy (non-hydrogen) atoms. The van der Waals surface area contributed by atoms with Gasteiger partial charge in [-0.1, -0.05) is 39.3 Å². The van der Waals surface area contributed by atoms with Gasteiger partial charge < -0.3 is 25.4 Å². The van der Waals surface area contributed by atoms with E-state index in [0.29, 0.717) is 31.0 Å². The van der Waals surface area contributed by atoms with Gasteiger partial charge in [-0.3, -0.25) is 9.79 Å². The van der Waals surface area contributed by atoms with Crippen LogP contribution in [0.15, 0.2) is 29.3 Å². The van der Waals surface area contributed by atoms with E-state index in [-0.39, 0.29) is 17.9 Å². The van der Waals surface area contributed by atoms with E-state index in [1.807, 2.05) is 31.2 Å². The van der Waals surface area contributed by atoms with Gasteiger partial charge in [0.15, 0.2) is 12.6 Å². The Morgan fingerprint density at radius 1 is 1.27 bits per heavy atom. The quantitative estimate of drug-likeness (QED) is 0.292. The largest absolute Gasteiger partial charge is 0.484 e. The van der Waals surface area contributed by atoms with Crippen LogP contribution in [-0.4, -0.2) is 50.8 Å². The molecule has 1 saturated carbocycles. The molecule has 1 aromatic rings. The van der Waals surface area contributed by atoms with Crippen molar-refractivity contribution in [3.05, 3.63) is 29.8 Å². The van der Waals surface area contributed by atoms with Crippen LogP contribution in [0.2, 0.25) is 0 Å². The van der Waals surface area contributed by atoms with E-state index < -0.39 is 0 Å². The molecule has 2 rings (SSSR count). The highest BCUT2D eigenvalue weighted by atomic mass is 16.5. The van der Waals surface area contributed by atoms with Crippen molar-refractivity contribution < 1.29 is 14.3 Å². The Bertz CT molecular complexity index is 705. The number of guanidine groups is 1. The first-order valence-electron chi connectivity index (χ1n) is 11.0. The van der Waals surface area contributed by atoms with E-state index >= 15 is 0 Å². The molecule has 0 radical (unpaired) electrons. The number of carbonyl (C=O) groups is 1. The third-order valence-corrected chi connectivity index (χ3v) is 5.63. The summed E-state index contributed by atoms with van der Waals surface area (Å²) in [6.07, 6.45) is 3.54. The molecule has 0 aliphatic heterocycles. The Labute approximate surface area is 181 Å². The Morgan fingerprint density at radius 3 is 2.73 bits per heavy atom. The molecule has 0 saturated heterocycles. The molecule has 1 amide bonds. The van der Waals surface area contributed by atoms with E-state index in [4.69, 9.17) is 9.47 Å². The van der Waals surface area contributed by atoms with Gasteiger partial charge >= 0.3 is 0 Å². The predicted molar refractivity (Wildman–Crippen MR) is 121 cm³/mol. The fourth-order valence-corrected chi connectivity index (χ4v) is 3.47. The molecular formula is C23H38N4O3. The van der Waals surface area contributed by atoms with Crippen LogP contribution in [0.3, 0.4) is 0 Å². The molecule has 168 valence electrons. The monoisotopic (exact) mass is 418 g/mol. The minimum atomic E-state index is -0.120. The number of hydrogen-bond acceptors (Lipinski definition) is 4. The summed E-state index contributed by atoms with van der Waals surface area (Å²) in [6.45, 7) is 10.6. The van der Waals surface area contributed by atoms with Gasteiger partial charge in [-0.2, -0.15) is 0 Å². The molecule has 7 nitrogen and oxygen atoms in total. The normalized spacial score (nSPS) is 20.2. The van der Waals surface area contributed by atoms with Crippen molar-refractivity contribution in [3.8, 4) is 5.75 Å². The summed E-state index contributed by atoms with van der Waals surface area (Å²) >= 11 is 0. The second kappa shape index (κ2) is 11.8. The summed E-state index contributed by atoms with van der Waals surface area (Å²) in [6, 6.07) is 8.05. The average molecular weight is 419 g/mol. The number of benzene rings is 1. The highest BCUT2D eigenvalue weighted by Crippen LogP contribution is 2.42. The van der Waals surface area contributed by atoms with E-state index in [1.165, 1.54) is 0 Å². The molecule has 1 aliphatic carbocycles. The van der Waals surface area contributed by atoms with E-state index in [1.54, 1.807) is 7.05 Å². The first-order chi connectivity index (χ1) is 14.4. The number of ether oxygens (including phenoxy) is 2. The summed E-state index contributed by atoms with van der Waals surface area (Å²) in [7, 11) is 1.78. The number of unbranched alkanes of at least 4 members (excludes halogenated alkanes) is 1. The lowest BCUT2D eigenvalue weighted by Gasteiger charge is -2.52. The van der Waals surface area contributed by atoms with Crippen LogP contribution in [0.5, 0.6) is 5.75 Å². The smallest absolute Gasteiger partial charge is 0.257 e. The maximum Gasteiger partial charge on any atom is 0.257 e. The molecule has 7 heteroatoms. The second-order valence-corrected chi connectivity index (χ2v) is 8.28. The summed E-state index contributed by atoms with van der Waals surface area (Å²) < 4.78 is 11.6. The van der Waals surface area contributed by atoms with Crippen molar-refractivity contribution in [3.63, 3.8) is 0 Å². The van der Waals surface area contributed by atoms with E-state index in [2.05, 4.69) is 41.7 Å². The van der Waals surface area contributed by atoms with Crippen LogP contribution < -0.4 is 20.7 Å². The minimum absolute atomic E-state index is 0.0200. The molecule has 0 spiro atoms. The van der Waals surface area contributed by atoms with Crippen LogP contribution in [0.25, 0.3) is 0 Å². The Morgan fingerprint density at radius 2 is 2.07 bits per heavy atom. The van der Waals surface area contributed by atoms with Gasteiger partial charge in [0.25, 0.3) is 5.91 Å². The first kappa shape index (κ1) is 24.0. The Kier molecular flexibility index (Phi) is 9.43. The van der Waals surface area contributed by atoms with Crippen molar-refractivity contribution >= 4 is 11.9 Å². The van der Waals surface area contributed by atoms with E-state index in [0.717, 1.165) is 37.4 Å². The number of likely N-dealkylation sites (N-methyl/N-ethyl adjacent to an activating group) is 1. The predicted octanol–water partition coefficient (Wildman–Crippen LogP) is 2.85. The van der Waals surface area contributed by atoms with Gasteiger partial charge in [-0.25, -0.2) is 0 Å². The molecule has 2 unspecified atom stereocenters. The summed E-state index contributed by atoms with van der Waals surface area (Å²) in [5, 5.41) is 9.61. The van der Waals surface area contributed by atoms with Crippen LogP contribution in [0, 0.1) is 5.41 Å². The molecule has 1 fully saturated rings. The zero-order valence-corrected chi connectivity index (χ0v) is 19.1. The van der Waals surface area contributed by atoms with Crippen molar-refractivity contribution in [2.75, 3.05) is 26.8 Å². The second-order valence-electron chi connectivity index (χ2n) is 8.28. The Hall–Kier alpha value is -2.28. The van der Waals surface area contributed by atoms with Gasteiger partial charge in [-0.15, -0.1) is 0 Å². The fraction of sp³-hybridized carbons (Fsp3) is 0.652. The summed E-state index contributed by atoms with van der Waals surface area (Å²) in [5.41, 5.74) is 1.12. The van der Waals surface area contributed by atoms with Crippen LogP contribution >= 0.6 is 0 Å². The number of aliphatic imine (C=N–C) groups is 1. The molecule has 2 atom stereocenters. The summed E-state index contributed by atoms with van der Waals surface area (Å²) in [5.74, 6) is 1.33. The van der Waals surface area contributed by atoms with Crippen LogP contribution in [0.1, 0.15) is 52.5 Å². The molecule has 3 N–H and O–H groups in total. The van der Waals surface area contributed by atoms with Crippen molar-refractivity contribution in [1.29, 1.82) is 0 Å². The molecule has 0 aromatic heterocycles. The third kappa shape index (κ3) is 6.90. The molecule has 0 heterocycles. The third-order valence-electron chi connectivity index (χ3n) is 5.63. The fourth-order valence-electron chi connectivity index (χ4n) is 3.47. The summed E-state index contributed by atoms with van der Waals surface area (Å²) in [4.78, 5) is 15.9. The number of amides is 1. The number of nitrogens with one attached hydrogen (secondary N) is 3. The molecular weight excluding hydrogens is 380 g/mol. The van der Waals surface area contributed by atoms with Crippen LogP contribution in [-0.2, 0) is 16.1 Å². The standard InChI is InChI=1S/C23H38N4O3/c1-6-8-12-29-20-14-19(23(20,3)4)27-22(24-5)26-15-17-10-9-11-18(13-17)30-16-21(28)25-7-2/h9-11,13,19-20H,6-8,12,14-16H2,1-5H3,(H,25,28)(H2,24,26,27). The highest BCUT2D eigenvalue weighted by molar-refractivity contribution is 5.80. The highest BCUT2D eigenvalue weighted by Gasteiger charge is 2.49. The topological polar surface area (TPSA) is 84.0 Å². The molecule has 0 bridgehead atoms. The van der Waals surface area contributed by atoms with Gasteiger partial charge in [-0.05, 0) is 37.5 Å². The van der Waals surface area contributed by atoms with Gasteiger partial charge in [0, 0.05) is 38.2 Å². The lowest BCUT2D eigenvalue weighted by atomic mass is 9.64. The number of rotatable bonds is 11. The minimum Gasteiger partial charge on any atom is -0.484 e. The van der Waals surface area contributed by atoms with E-state index in [9.17, 15) is 4.79 Å². The van der Waals surface area contributed by atoms with Crippen molar-refractivity contribution in [1.82, 2.24) is 16.0 Å². The van der Waals surface area contributed by atoms with Crippen molar-refractivity contribution in [2.24, 2.45) is 10.4 Å². The number of hydrogen-bond donors (Lipinski definition) is 3. The van der Waals surface area contributed by atoms with Gasteiger partial charge in [0.1, 0.15) is 5.75 Å². The Balaban J connectivity index is 1.81. The zero-order valence-electron chi connectivity index (χ0n) is 19.1. The zero-order chi connectivity index (χ0) is 22.0. The maximum atomic E-state index is 11.6. The number of nitrogens with zero attached hydrogens (tertiary/aromatic N) is 1. The molecule has 1 aromatic carbocycles. The lowest BCUT2D eigenvalue weighted by Crippen LogP contribution is -2.63. The van der Waals surface area contributed by atoms with Crippen LogP contribution in [0.4, 0.5) is 0 Å². The number of carbonyl (C=O) groups excluding carboxylic acids is 1. The first-order valence-corrected chi connectivity index (χ1v) is 11.0. The van der Waals surface area contributed by atoms with Gasteiger partial charge in [0.05, 0.1) is 6.10 Å². The molecule has 1 aliphatic rings. The van der Waals surface area contributed by atoms with Crippen molar-refractivity contribution in [2.45, 2.75) is 65.6 Å². The van der Waals surface area contributed by atoms with Gasteiger partial charge in [0.2, 0.25) is 0 Å². The SMILES string of the molecule is CCCCOC1CC(NC(=NC)NCc2cccc(OCC(=O)NCC)c2)C1(C)C. The average Bonchev–Trinajstić information content (AvgIpc) is 2.73.